The molecule has 1 aliphatic rings. The Morgan fingerprint density at radius 3 is 2.53 bits per heavy atom. The maximum Gasteiger partial charge on any atom is 0.413 e. The fourth-order valence-electron chi connectivity index (χ4n) is 3.57. The zero-order valence-corrected chi connectivity index (χ0v) is 21.9. The lowest BCUT2D eigenvalue weighted by atomic mass is 10.1. The highest BCUT2D eigenvalue weighted by Crippen LogP contribution is 2.26. The molecular weight excluding hydrogens is 508 g/mol. The van der Waals surface area contributed by atoms with Gasteiger partial charge < -0.3 is 14.7 Å². The Labute approximate surface area is 215 Å². The van der Waals surface area contributed by atoms with Crippen molar-refractivity contribution in [2.24, 2.45) is 4.99 Å². The predicted molar refractivity (Wildman–Crippen MR) is 136 cm³/mol. The first kappa shape index (κ1) is 27.6. The average Bonchev–Trinajstić information content (AvgIpc) is 3.34. The number of rotatable bonds is 10. The Hall–Kier alpha value is -2.99. The van der Waals surface area contributed by atoms with E-state index in [4.69, 9.17) is 16.3 Å². The number of halogens is 1. The number of hydrogen-bond acceptors (Lipinski definition) is 6. The smallest absolute Gasteiger partial charge is 0.413 e. The molecule has 0 unspecified atom stereocenters. The first-order valence-corrected chi connectivity index (χ1v) is 13.0. The molecule has 1 heterocycles. The standard InChI is InChI=1S/C24H29ClN4O6S/c1-17-5-4-6-20(22(17)25)36(33,34)28(3)13-14-35-16-21(30)27(2)15-18-7-9-19(10-8-18)23-26-11-12-29(23)24(31)32/h4-10H,11-16H2,1-3H3,(H,31,32). The minimum Gasteiger partial charge on any atom is -0.465 e. The molecule has 0 aromatic heterocycles. The van der Waals surface area contributed by atoms with Crippen LogP contribution in [0.25, 0.3) is 0 Å². The molecule has 0 atom stereocenters. The normalized spacial score (nSPS) is 13.7. The molecule has 3 rings (SSSR count). The number of nitrogens with zero attached hydrogens (tertiary/aromatic N) is 4. The van der Waals surface area contributed by atoms with Crippen molar-refractivity contribution in [3.05, 3.63) is 64.2 Å². The third kappa shape index (κ3) is 6.41. The molecule has 12 heteroatoms. The number of aryl methyl sites for hydroxylation is 1. The average molecular weight is 537 g/mol. The van der Waals surface area contributed by atoms with E-state index in [2.05, 4.69) is 4.99 Å². The minimum absolute atomic E-state index is 0.0316. The van der Waals surface area contributed by atoms with Gasteiger partial charge in [-0.1, -0.05) is 48.0 Å². The number of amidine groups is 1. The van der Waals surface area contributed by atoms with Gasteiger partial charge in [0.15, 0.2) is 0 Å². The second-order valence-electron chi connectivity index (χ2n) is 8.35. The van der Waals surface area contributed by atoms with Crippen LogP contribution >= 0.6 is 11.6 Å². The zero-order chi connectivity index (χ0) is 26.5. The summed E-state index contributed by atoms with van der Waals surface area (Å²) in [5, 5.41) is 9.45. The number of amides is 2. The highest BCUT2D eigenvalue weighted by Gasteiger charge is 2.25. The van der Waals surface area contributed by atoms with Gasteiger partial charge in [-0.3, -0.25) is 14.7 Å². The summed E-state index contributed by atoms with van der Waals surface area (Å²) in [4.78, 5) is 30.7. The van der Waals surface area contributed by atoms with Gasteiger partial charge in [0, 0.05) is 32.7 Å². The Morgan fingerprint density at radius 1 is 1.17 bits per heavy atom. The first-order valence-electron chi connectivity index (χ1n) is 11.2. The summed E-state index contributed by atoms with van der Waals surface area (Å²) in [6, 6.07) is 12.0. The van der Waals surface area contributed by atoms with E-state index in [9.17, 15) is 23.1 Å². The molecule has 0 spiro atoms. The molecule has 0 aliphatic carbocycles. The van der Waals surface area contributed by atoms with Crippen molar-refractivity contribution >= 4 is 39.5 Å². The number of carbonyl (C=O) groups is 2. The van der Waals surface area contributed by atoms with Gasteiger partial charge >= 0.3 is 6.09 Å². The van der Waals surface area contributed by atoms with Crippen molar-refractivity contribution in [1.82, 2.24) is 14.1 Å². The van der Waals surface area contributed by atoms with E-state index in [0.717, 1.165) is 9.87 Å². The molecule has 194 valence electrons. The summed E-state index contributed by atoms with van der Waals surface area (Å²) in [5.74, 6) is 0.159. The van der Waals surface area contributed by atoms with Crippen molar-refractivity contribution in [3.63, 3.8) is 0 Å². The summed E-state index contributed by atoms with van der Waals surface area (Å²) in [7, 11) is -0.712. The Morgan fingerprint density at radius 2 is 1.86 bits per heavy atom. The minimum atomic E-state index is -3.79. The second kappa shape index (κ2) is 11.8. The third-order valence-electron chi connectivity index (χ3n) is 5.75. The van der Waals surface area contributed by atoms with Gasteiger partial charge in [-0.05, 0) is 24.1 Å². The molecule has 1 N–H and O–H groups in total. The van der Waals surface area contributed by atoms with Crippen LogP contribution in [0.2, 0.25) is 5.02 Å². The van der Waals surface area contributed by atoms with Crippen LogP contribution in [0.4, 0.5) is 4.79 Å². The molecule has 2 aromatic rings. The Balaban J connectivity index is 1.46. The van der Waals surface area contributed by atoms with Gasteiger partial charge in [0.05, 0.1) is 24.7 Å². The van der Waals surface area contributed by atoms with Crippen LogP contribution in [0.5, 0.6) is 0 Å². The number of likely N-dealkylation sites (N-methyl/N-ethyl adjacent to an activating group) is 2. The molecule has 2 amide bonds. The van der Waals surface area contributed by atoms with Gasteiger partial charge in [-0.15, -0.1) is 0 Å². The molecule has 0 bridgehead atoms. The van der Waals surface area contributed by atoms with Gasteiger partial charge in [-0.2, -0.15) is 4.31 Å². The number of carbonyl (C=O) groups excluding carboxylic acids is 1. The van der Waals surface area contributed by atoms with Gasteiger partial charge in [0.1, 0.15) is 17.3 Å². The van der Waals surface area contributed by atoms with E-state index in [1.807, 2.05) is 12.1 Å². The van der Waals surface area contributed by atoms with Crippen molar-refractivity contribution in [2.45, 2.75) is 18.4 Å². The van der Waals surface area contributed by atoms with Gasteiger partial charge in [0.2, 0.25) is 15.9 Å². The van der Waals surface area contributed by atoms with Crippen LogP contribution < -0.4 is 0 Å². The Kier molecular flexibility index (Phi) is 9.07. The van der Waals surface area contributed by atoms with E-state index in [1.54, 1.807) is 38.2 Å². The highest BCUT2D eigenvalue weighted by atomic mass is 35.5. The highest BCUT2D eigenvalue weighted by molar-refractivity contribution is 7.89. The van der Waals surface area contributed by atoms with E-state index >= 15 is 0 Å². The molecule has 0 radical (unpaired) electrons. The fraction of sp³-hybridized carbons (Fsp3) is 0.375. The van der Waals surface area contributed by atoms with Crippen LogP contribution in [0.1, 0.15) is 16.7 Å². The largest absolute Gasteiger partial charge is 0.465 e. The number of benzene rings is 2. The molecule has 2 aromatic carbocycles. The van der Waals surface area contributed by atoms with Crippen molar-refractivity contribution in [1.29, 1.82) is 0 Å². The quantitative estimate of drug-likeness (QED) is 0.466. The van der Waals surface area contributed by atoms with Gasteiger partial charge in [-0.25, -0.2) is 13.2 Å². The van der Waals surface area contributed by atoms with E-state index < -0.39 is 16.1 Å². The van der Waals surface area contributed by atoms with E-state index in [1.165, 1.54) is 22.9 Å². The number of carboxylic acid groups (broad SMARTS) is 1. The SMILES string of the molecule is Cc1cccc(S(=O)(=O)N(C)CCOCC(=O)N(C)Cc2ccc(C3=NCCN3C(=O)O)cc2)c1Cl. The Bertz CT molecular complexity index is 1250. The fourth-order valence-corrected chi connectivity index (χ4v) is 5.28. The van der Waals surface area contributed by atoms with Crippen molar-refractivity contribution < 1.29 is 27.9 Å². The van der Waals surface area contributed by atoms with Gasteiger partial charge in [0.25, 0.3) is 0 Å². The van der Waals surface area contributed by atoms with Crippen LogP contribution in [0, 0.1) is 6.92 Å². The molecule has 0 saturated carbocycles. The predicted octanol–water partition coefficient (Wildman–Crippen LogP) is 2.68. The monoisotopic (exact) mass is 536 g/mol. The lowest BCUT2D eigenvalue weighted by Gasteiger charge is -2.20. The lowest BCUT2D eigenvalue weighted by Crippen LogP contribution is -2.33. The maximum absolute atomic E-state index is 12.8. The summed E-state index contributed by atoms with van der Waals surface area (Å²) < 4.78 is 32.1. The molecule has 1 aliphatic heterocycles. The lowest BCUT2D eigenvalue weighted by molar-refractivity contribution is -0.135. The third-order valence-corrected chi connectivity index (χ3v) is 8.26. The van der Waals surface area contributed by atoms with Crippen LogP contribution in [-0.4, -0.2) is 92.4 Å². The molecule has 10 nitrogen and oxygen atoms in total. The molecule has 0 fully saturated rings. The van der Waals surface area contributed by atoms with E-state index in [0.29, 0.717) is 36.6 Å². The number of ether oxygens (including phenoxy) is 1. The topological polar surface area (TPSA) is 120 Å². The summed E-state index contributed by atoms with van der Waals surface area (Å²) in [5.41, 5.74) is 2.22. The van der Waals surface area contributed by atoms with Crippen LogP contribution in [0.3, 0.4) is 0 Å². The first-order chi connectivity index (χ1) is 17.0. The van der Waals surface area contributed by atoms with Crippen LogP contribution in [-0.2, 0) is 26.1 Å². The molecular formula is C24H29ClN4O6S. The summed E-state index contributed by atoms with van der Waals surface area (Å²) >= 11 is 6.17. The number of hydrogen-bond donors (Lipinski definition) is 1. The number of aliphatic imine (C=N–C) groups is 1. The molecule has 0 saturated heterocycles. The van der Waals surface area contributed by atoms with Crippen LogP contribution in [0.15, 0.2) is 52.4 Å². The maximum atomic E-state index is 12.8. The molecule has 36 heavy (non-hydrogen) atoms. The summed E-state index contributed by atoms with van der Waals surface area (Å²) in [6.07, 6.45) is -1.04. The number of sulfonamides is 1. The van der Waals surface area contributed by atoms with Crippen molar-refractivity contribution in [3.8, 4) is 0 Å². The summed E-state index contributed by atoms with van der Waals surface area (Å²) in [6.45, 7) is 2.74. The van der Waals surface area contributed by atoms with Crippen molar-refractivity contribution in [2.75, 3.05) is 46.9 Å². The second-order valence-corrected chi connectivity index (χ2v) is 10.7. The van der Waals surface area contributed by atoms with E-state index in [-0.39, 0.29) is 35.6 Å². The zero-order valence-electron chi connectivity index (χ0n) is 20.3.